The van der Waals surface area contributed by atoms with Gasteiger partial charge in [-0.1, -0.05) is 55.1 Å². The molecule has 2 rings (SSSR count). The molecule has 18 heavy (non-hydrogen) atoms. The van der Waals surface area contributed by atoms with Gasteiger partial charge in [0.25, 0.3) is 0 Å². The lowest BCUT2D eigenvalue weighted by Gasteiger charge is -2.12. The second kappa shape index (κ2) is 5.75. The van der Waals surface area contributed by atoms with Gasteiger partial charge in [0.15, 0.2) is 0 Å². The van der Waals surface area contributed by atoms with Crippen LogP contribution in [-0.2, 0) is 0 Å². The van der Waals surface area contributed by atoms with Crippen molar-refractivity contribution in [3.8, 4) is 0 Å². The van der Waals surface area contributed by atoms with Crippen molar-refractivity contribution in [2.45, 2.75) is 4.83 Å². The second-order valence-electron chi connectivity index (χ2n) is 3.43. The fraction of sp³-hybridized carbons (Fsp3) is 0.0909. The molecule has 1 aromatic heterocycles. The Morgan fingerprint density at radius 2 is 1.67 bits per heavy atom. The molecule has 1 atom stereocenters. The van der Waals surface area contributed by atoms with Crippen LogP contribution in [0.1, 0.15) is 16.0 Å². The van der Waals surface area contributed by atoms with Gasteiger partial charge in [-0.25, -0.2) is 8.78 Å². The molecular weight excluding hydrogens is 433 g/mol. The molecule has 0 amide bonds. The van der Waals surface area contributed by atoms with Crippen LogP contribution >= 0.6 is 66.4 Å². The van der Waals surface area contributed by atoms with Crippen LogP contribution < -0.4 is 0 Å². The maximum atomic E-state index is 13.8. The van der Waals surface area contributed by atoms with Crippen LogP contribution in [0, 0.1) is 11.6 Å². The molecular formula is C11H4Br2Cl2F2S. The van der Waals surface area contributed by atoms with Crippen LogP contribution in [0.3, 0.4) is 0 Å². The number of hydrogen-bond acceptors (Lipinski definition) is 1. The largest absolute Gasteiger partial charge is 0.206 e. The van der Waals surface area contributed by atoms with E-state index in [1.54, 1.807) is 6.07 Å². The minimum atomic E-state index is -0.679. The highest BCUT2D eigenvalue weighted by Gasteiger charge is 2.23. The minimum Gasteiger partial charge on any atom is -0.206 e. The van der Waals surface area contributed by atoms with E-state index in [2.05, 4.69) is 31.9 Å². The van der Waals surface area contributed by atoms with Gasteiger partial charge >= 0.3 is 0 Å². The fourth-order valence-electron chi connectivity index (χ4n) is 1.48. The van der Waals surface area contributed by atoms with Crippen molar-refractivity contribution >= 4 is 66.4 Å². The SMILES string of the molecule is Fc1cc(Br)cc(F)c1C(Br)c1cc(Cl)sc1Cl. The highest BCUT2D eigenvalue weighted by Crippen LogP contribution is 2.43. The zero-order chi connectivity index (χ0) is 13.4. The van der Waals surface area contributed by atoms with Gasteiger partial charge in [0.2, 0.25) is 0 Å². The molecule has 0 radical (unpaired) electrons. The third-order valence-electron chi connectivity index (χ3n) is 2.25. The predicted octanol–water partition coefficient (Wildman–Crippen LogP) is 6.58. The predicted molar refractivity (Wildman–Crippen MR) is 79.2 cm³/mol. The lowest BCUT2D eigenvalue weighted by atomic mass is 10.1. The zero-order valence-electron chi connectivity index (χ0n) is 8.49. The molecule has 7 heteroatoms. The molecule has 1 unspecified atom stereocenters. The summed E-state index contributed by atoms with van der Waals surface area (Å²) in [5, 5.41) is 0. The van der Waals surface area contributed by atoms with Crippen LogP contribution in [-0.4, -0.2) is 0 Å². The molecule has 0 bridgehead atoms. The Morgan fingerprint density at radius 1 is 1.11 bits per heavy atom. The summed E-state index contributed by atoms with van der Waals surface area (Å²) in [6.45, 7) is 0. The molecule has 0 N–H and O–H groups in total. The molecule has 0 aliphatic rings. The van der Waals surface area contributed by atoms with E-state index in [1.807, 2.05) is 0 Å². The second-order valence-corrected chi connectivity index (χ2v) is 7.54. The average Bonchev–Trinajstić information content (AvgIpc) is 2.56. The first-order valence-corrected chi connectivity index (χ1v) is 7.91. The third-order valence-corrected chi connectivity index (χ3v) is 5.18. The van der Waals surface area contributed by atoms with E-state index in [-0.39, 0.29) is 5.56 Å². The highest BCUT2D eigenvalue weighted by molar-refractivity contribution is 9.10. The third kappa shape index (κ3) is 2.90. The van der Waals surface area contributed by atoms with Gasteiger partial charge < -0.3 is 0 Å². The van der Waals surface area contributed by atoms with E-state index in [0.717, 1.165) is 11.3 Å². The molecule has 1 heterocycles. The van der Waals surface area contributed by atoms with Crippen molar-refractivity contribution in [3.05, 3.63) is 54.1 Å². The van der Waals surface area contributed by atoms with Crippen molar-refractivity contribution in [2.24, 2.45) is 0 Å². The van der Waals surface area contributed by atoms with Crippen molar-refractivity contribution in [2.75, 3.05) is 0 Å². The van der Waals surface area contributed by atoms with Crippen LogP contribution in [0.2, 0.25) is 8.67 Å². The van der Waals surface area contributed by atoms with Crippen LogP contribution in [0.5, 0.6) is 0 Å². The topological polar surface area (TPSA) is 0 Å². The monoisotopic (exact) mass is 434 g/mol. The first-order chi connectivity index (χ1) is 8.40. The Labute approximate surface area is 133 Å². The Hall–Kier alpha value is 0.320. The maximum absolute atomic E-state index is 13.8. The number of halogens is 6. The van der Waals surface area contributed by atoms with Crippen LogP contribution in [0.4, 0.5) is 8.78 Å². The smallest absolute Gasteiger partial charge is 0.131 e. The van der Waals surface area contributed by atoms with Crippen LogP contribution in [0.15, 0.2) is 22.7 Å². The van der Waals surface area contributed by atoms with E-state index >= 15 is 0 Å². The van der Waals surface area contributed by atoms with Gasteiger partial charge in [0.05, 0.1) is 13.5 Å². The van der Waals surface area contributed by atoms with E-state index in [4.69, 9.17) is 23.2 Å². The first kappa shape index (κ1) is 14.7. The summed E-state index contributed by atoms with van der Waals surface area (Å²) in [6.07, 6.45) is 0. The molecule has 96 valence electrons. The molecule has 0 spiro atoms. The van der Waals surface area contributed by atoms with Gasteiger partial charge in [-0.3, -0.25) is 0 Å². The van der Waals surface area contributed by atoms with Crippen molar-refractivity contribution in [1.82, 2.24) is 0 Å². The molecule has 0 saturated carbocycles. The minimum absolute atomic E-state index is 0.0884. The molecule has 2 aromatic rings. The molecule has 0 saturated heterocycles. The summed E-state index contributed by atoms with van der Waals surface area (Å²) in [7, 11) is 0. The number of thiophene rings is 1. The van der Waals surface area contributed by atoms with Crippen LogP contribution in [0.25, 0.3) is 0 Å². The van der Waals surface area contributed by atoms with Gasteiger partial charge in [-0.15, -0.1) is 11.3 Å². The van der Waals surface area contributed by atoms with E-state index in [9.17, 15) is 8.78 Å². The average molecular weight is 437 g/mol. The summed E-state index contributed by atoms with van der Waals surface area (Å²) in [6, 6.07) is 4.00. The summed E-state index contributed by atoms with van der Waals surface area (Å²) < 4.78 is 28.8. The summed E-state index contributed by atoms with van der Waals surface area (Å²) in [4.78, 5) is -0.679. The van der Waals surface area contributed by atoms with Crippen molar-refractivity contribution in [3.63, 3.8) is 0 Å². The number of alkyl halides is 1. The molecule has 0 aliphatic heterocycles. The first-order valence-electron chi connectivity index (χ1n) is 4.63. The summed E-state index contributed by atoms with van der Waals surface area (Å²) >= 11 is 19.2. The number of hydrogen-bond donors (Lipinski definition) is 0. The normalized spacial score (nSPS) is 12.8. The molecule has 0 nitrogen and oxygen atoms in total. The Kier molecular flexibility index (Phi) is 4.70. The zero-order valence-corrected chi connectivity index (χ0v) is 14.0. The molecule has 1 aromatic carbocycles. The Morgan fingerprint density at radius 3 is 2.11 bits per heavy atom. The summed E-state index contributed by atoms with van der Waals surface area (Å²) in [5.41, 5.74) is 0.460. The lowest BCUT2D eigenvalue weighted by Crippen LogP contribution is -2.00. The maximum Gasteiger partial charge on any atom is 0.131 e. The summed E-state index contributed by atoms with van der Waals surface area (Å²) in [5.74, 6) is -1.30. The molecule has 0 aliphatic carbocycles. The van der Waals surface area contributed by atoms with Gasteiger partial charge in [-0.2, -0.15) is 0 Å². The standard InChI is InChI=1S/C11H4Br2Cl2F2S/c12-4-1-6(16)9(7(17)2-4)10(13)5-3-8(14)18-11(5)15/h1-3,10H. The van der Waals surface area contributed by atoms with Crippen molar-refractivity contribution in [1.29, 1.82) is 0 Å². The van der Waals surface area contributed by atoms with Crippen molar-refractivity contribution < 1.29 is 8.78 Å². The number of rotatable bonds is 2. The lowest BCUT2D eigenvalue weighted by molar-refractivity contribution is 0.559. The fourth-order valence-corrected chi connectivity index (χ4v) is 4.49. The number of benzene rings is 1. The quantitative estimate of drug-likeness (QED) is 0.466. The van der Waals surface area contributed by atoms with E-state index < -0.39 is 16.5 Å². The van der Waals surface area contributed by atoms with E-state index in [1.165, 1.54) is 12.1 Å². The Balaban J connectivity index is 2.52. The Bertz CT molecular complexity index is 578. The van der Waals surface area contributed by atoms with E-state index in [0.29, 0.717) is 18.7 Å². The van der Waals surface area contributed by atoms with Gasteiger partial charge in [0.1, 0.15) is 11.6 Å². The highest BCUT2D eigenvalue weighted by atomic mass is 79.9. The van der Waals surface area contributed by atoms with Gasteiger partial charge in [0, 0.05) is 15.6 Å². The van der Waals surface area contributed by atoms with Gasteiger partial charge in [-0.05, 0) is 18.2 Å². The molecule has 0 fully saturated rings.